The molecule has 0 aliphatic carbocycles. The van der Waals surface area contributed by atoms with E-state index in [0.29, 0.717) is 9.82 Å². The Kier molecular flexibility index (Phi) is 3.83. The number of para-hydroxylation sites is 2. The van der Waals surface area contributed by atoms with Gasteiger partial charge in [0, 0.05) is 22.7 Å². The average molecular weight is 378 g/mol. The fraction of sp³-hybridized carbons (Fsp3) is 0. The van der Waals surface area contributed by atoms with Gasteiger partial charge in [0.05, 0.1) is 26.2 Å². The molecular weight excluding hydrogens is 368 g/mol. The van der Waals surface area contributed by atoms with Crippen LogP contribution in [-0.2, 0) is 0 Å². The highest BCUT2D eigenvalue weighted by atomic mass is 16.6. The van der Waals surface area contributed by atoms with Crippen LogP contribution >= 0.6 is 0 Å². The quantitative estimate of drug-likeness (QED) is 0.443. The molecule has 10 nitrogen and oxygen atoms in total. The molecule has 2 aromatic rings. The second-order valence-electron chi connectivity index (χ2n) is 5.97. The molecule has 0 bridgehead atoms. The maximum absolute atomic E-state index is 12.8. The Morgan fingerprint density at radius 2 is 1.39 bits per heavy atom. The molecule has 2 heterocycles. The normalized spacial score (nSPS) is 18.0. The van der Waals surface area contributed by atoms with Gasteiger partial charge >= 0.3 is 0 Å². The second-order valence-corrected chi connectivity index (χ2v) is 5.97. The van der Waals surface area contributed by atoms with Crippen molar-refractivity contribution in [2.45, 2.75) is 0 Å². The van der Waals surface area contributed by atoms with Gasteiger partial charge in [0.25, 0.3) is 22.8 Å². The van der Waals surface area contributed by atoms with Crippen molar-refractivity contribution >= 4 is 22.8 Å². The zero-order valence-electron chi connectivity index (χ0n) is 14.0. The van der Waals surface area contributed by atoms with Crippen molar-refractivity contribution in [3.05, 3.63) is 114 Å². The summed E-state index contributed by atoms with van der Waals surface area (Å²) in [6.07, 6.45) is 1.91. The lowest BCUT2D eigenvalue weighted by molar-refractivity contribution is -0.414. The summed E-state index contributed by atoms with van der Waals surface area (Å²) in [5.41, 5.74) is -1.33. The summed E-state index contributed by atoms with van der Waals surface area (Å²) in [7, 11) is 0. The molecule has 0 radical (unpaired) electrons. The molecule has 0 aromatic heterocycles. The minimum Gasteiger partial charge on any atom is -0.754 e. The van der Waals surface area contributed by atoms with Crippen LogP contribution in [0.4, 0.5) is 11.4 Å². The second kappa shape index (κ2) is 6.21. The number of allylic oxidation sites excluding steroid dienone is 2. The predicted octanol–water partition coefficient (Wildman–Crippen LogP) is 3.58. The number of nitroso groups, excluding NO2 is 1. The molecule has 0 N–H and O–H groups in total. The first-order valence-electron chi connectivity index (χ1n) is 8.00. The number of hydrogen-bond acceptors (Lipinski definition) is 7. The lowest BCUT2D eigenvalue weighted by Crippen LogP contribution is -2.25. The van der Waals surface area contributed by atoms with E-state index in [1.165, 1.54) is 36.4 Å². The minimum atomic E-state index is -0.670. The van der Waals surface area contributed by atoms with Gasteiger partial charge in [-0.05, 0) is 18.2 Å². The lowest BCUT2D eigenvalue weighted by Gasteiger charge is -2.34. The standard InChI is InChI=1S/C18H10N4O6/c23-19-13-7-3-1-5-11(13)15(21(25)26)9-17(19)18-10-16(22(27)28)12-6-2-4-8-14(12)20(18)24/h1-10H. The zero-order chi connectivity index (χ0) is 20.0. The third-order valence-electron chi connectivity index (χ3n) is 4.44. The number of hydrogen-bond donors (Lipinski definition) is 0. The number of hydroxylamine groups is 1. The molecule has 0 amide bonds. The van der Waals surface area contributed by atoms with Crippen molar-refractivity contribution in [2.24, 2.45) is 0 Å². The molecule has 2 aliphatic heterocycles. The van der Waals surface area contributed by atoms with Crippen LogP contribution in [0.2, 0.25) is 0 Å². The van der Waals surface area contributed by atoms with Crippen molar-refractivity contribution < 1.29 is 14.6 Å². The Bertz CT molecular complexity index is 1160. The van der Waals surface area contributed by atoms with Gasteiger partial charge < -0.3 is 10.3 Å². The van der Waals surface area contributed by atoms with E-state index >= 15 is 0 Å². The highest BCUT2D eigenvalue weighted by Crippen LogP contribution is 2.41. The Labute approximate surface area is 156 Å². The number of fused-ring (bicyclic) bond motifs is 2. The van der Waals surface area contributed by atoms with Crippen LogP contribution in [-0.4, -0.2) is 14.6 Å². The molecule has 0 fully saturated rings. The van der Waals surface area contributed by atoms with Gasteiger partial charge in [-0.15, -0.1) is 0 Å². The molecule has 0 spiro atoms. The first-order valence-corrected chi connectivity index (χ1v) is 8.00. The van der Waals surface area contributed by atoms with Crippen molar-refractivity contribution in [2.75, 3.05) is 5.06 Å². The van der Waals surface area contributed by atoms with Gasteiger partial charge in [0.1, 0.15) is 11.3 Å². The van der Waals surface area contributed by atoms with E-state index in [1.54, 1.807) is 12.1 Å². The summed E-state index contributed by atoms with van der Waals surface area (Å²) in [6, 6.07) is 11.7. The number of rotatable bonds is 2. The monoisotopic (exact) mass is 378 g/mol. The van der Waals surface area contributed by atoms with Crippen LogP contribution < -0.4 is 5.06 Å². The van der Waals surface area contributed by atoms with Crippen LogP contribution in [0.3, 0.4) is 0 Å². The third kappa shape index (κ3) is 2.47. The largest absolute Gasteiger partial charge is 0.754 e. The van der Waals surface area contributed by atoms with Gasteiger partial charge in [-0.2, -0.15) is 0 Å². The Morgan fingerprint density at radius 3 is 2.07 bits per heavy atom. The maximum Gasteiger partial charge on any atom is 0.293 e. The minimum absolute atomic E-state index is 0.0255. The summed E-state index contributed by atoms with van der Waals surface area (Å²) in [5.74, 6) is 0. The van der Waals surface area contributed by atoms with E-state index in [1.807, 2.05) is 0 Å². The van der Waals surface area contributed by atoms with Crippen LogP contribution in [0.5, 0.6) is 0 Å². The first-order chi connectivity index (χ1) is 13.4. The summed E-state index contributed by atoms with van der Waals surface area (Å²) in [4.78, 5) is 34.5. The Morgan fingerprint density at radius 1 is 0.821 bits per heavy atom. The van der Waals surface area contributed by atoms with Gasteiger partial charge in [0.2, 0.25) is 0 Å². The molecular formula is C18H10N4O6. The number of anilines is 1. The Hall–Kier alpha value is -4.18. The SMILES string of the molecule is O=[N+]([O-])C1=CC(=C2C=C([N+](=O)[O-])c3ccccc3[N+]2=O)N([O-])c2ccccc21. The average Bonchev–Trinajstić information content (AvgIpc) is 2.69. The van der Waals surface area contributed by atoms with Gasteiger partial charge in [0.15, 0.2) is 0 Å². The topological polar surface area (TPSA) is 133 Å². The van der Waals surface area contributed by atoms with E-state index in [4.69, 9.17) is 0 Å². The van der Waals surface area contributed by atoms with Gasteiger partial charge in [-0.1, -0.05) is 24.3 Å². The smallest absolute Gasteiger partial charge is 0.293 e. The highest BCUT2D eigenvalue weighted by Gasteiger charge is 2.40. The number of nitrogens with zero attached hydrogens (tertiary/aromatic N) is 4. The van der Waals surface area contributed by atoms with E-state index in [2.05, 4.69) is 0 Å². The summed E-state index contributed by atoms with van der Waals surface area (Å²) in [5, 5.41) is 36.2. The Balaban J connectivity index is 2.02. The van der Waals surface area contributed by atoms with Crippen molar-refractivity contribution in [3.8, 4) is 0 Å². The van der Waals surface area contributed by atoms with Crippen LogP contribution in [0.1, 0.15) is 11.1 Å². The van der Waals surface area contributed by atoms with Crippen LogP contribution in [0.15, 0.2) is 72.1 Å². The first kappa shape index (κ1) is 17.2. The maximum atomic E-state index is 12.8. The van der Waals surface area contributed by atoms with Gasteiger partial charge in [-0.3, -0.25) is 20.2 Å². The fourth-order valence-corrected chi connectivity index (χ4v) is 3.18. The van der Waals surface area contributed by atoms with Gasteiger partial charge in [-0.25, -0.2) is 0 Å². The van der Waals surface area contributed by atoms with Crippen molar-refractivity contribution in [1.82, 2.24) is 0 Å². The summed E-state index contributed by atoms with van der Waals surface area (Å²) < 4.78 is 0.366. The molecule has 4 rings (SSSR count). The summed E-state index contributed by atoms with van der Waals surface area (Å²) >= 11 is 0. The number of nitro groups is 2. The molecule has 0 saturated heterocycles. The van der Waals surface area contributed by atoms with E-state index in [0.717, 1.165) is 12.2 Å². The molecule has 2 aliphatic rings. The molecule has 2 aromatic carbocycles. The van der Waals surface area contributed by atoms with Crippen LogP contribution in [0.25, 0.3) is 11.4 Å². The third-order valence-corrected chi connectivity index (χ3v) is 4.44. The molecule has 138 valence electrons. The molecule has 28 heavy (non-hydrogen) atoms. The van der Waals surface area contributed by atoms with E-state index in [-0.39, 0.29) is 45.3 Å². The predicted molar refractivity (Wildman–Crippen MR) is 99.0 cm³/mol. The van der Waals surface area contributed by atoms with Crippen molar-refractivity contribution in [3.63, 3.8) is 0 Å². The zero-order valence-corrected chi connectivity index (χ0v) is 14.0. The summed E-state index contributed by atoms with van der Waals surface area (Å²) in [6.45, 7) is 0. The molecule has 0 unspecified atom stereocenters. The van der Waals surface area contributed by atoms with Crippen molar-refractivity contribution in [1.29, 1.82) is 0 Å². The van der Waals surface area contributed by atoms with Crippen LogP contribution in [0, 0.1) is 30.3 Å². The molecule has 0 saturated carbocycles. The van der Waals surface area contributed by atoms with E-state index in [9.17, 15) is 30.3 Å². The highest BCUT2D eigenvalue weighted by molar-refractivity contribution is 5.82. The fourth-order valence-electron chi connectivity index (χ4n) is 3.18. The van der Waals surface area contributed by atoms with E-state index < -0.39 is 9.85 Å². The molecule has 10 heteroatoms. The molecule has 0 atom stereocenters. The lowest BCUT2D eigenvalue weighted by atomic mass is 10.00. The number of benzene rings is 2.